The van der Waals surface area contributed by atoms with Gasteiger partial charge in [0.1, 0.15) is 0 Å². The molecule has 0 N–H and O–H groups in total. The average Bonchev–Trinajstić information content (AvgIpc) is 2.00. The van der Waals surface area contributed by atoms with Gasteiger partial charge < -0.3 is 4.90 Å². The lowest BCUT2D eigenvalue weighted by Crippen LogP contribution is -2.39. The Kier molecular flexibility index (Phi) is 4.33. The van der Waals surface area contributed by atoms with E-state index in [9.17, 15) is 9.59 Å². The van der Waals surface area contributed by atoms with Crippen molar-refractivity contribution in [3.05, 3.63) is 0 Å². The molecular formula is C7H12BrNO2. The fraction of sp³-hybridized carbons (Fsp3) is 0.714. The Labute approximate surface area is 74.9 Å². The molecule has 0 aliphatic carbocycles. The molecule has 1 unspecified atom stereocenters. The van der Waals surface area contributed by atoms with E-state index in [0.717, 1.165) is 0 Å². The molecule has 0 spiro atoms. The molecule has 0 fully saturated rings. The highest BCUT2D eigenvalue weighted by Gasteiger charge is 2.17. The topological polar surface area (TPSA) is 37.4 Å². The summed E-state index contributed by atoms with van der Waals surface area (Å²) >= 11 is 3.05. The zero-order chi connectivity index (χ0) is 9.02. The highest BCUT2D eigenvalue weighted by atomic mass is 79.9. The number of hydrogen-bond donors (Lipinski definition) is 0. The van der Waals surface area contributed by atoms with E-state index in [4.69, 9.17) is 0 Å². The molecule has 0 radical (unpaired) electrons. The predicted molar refractivity (Wildman–Crippen MR) is 46.7 cm³/mol. The van der Waals surface area contributed by atoms with Gasteiger partial charge in [0.15, 0.2) is 5.78 Å². The van der Waals surface area contributed by atoms with Crippen molar-refractivity contribution < 1.29 is 9.59 Å². The molecule has 64 valence electrons. The van der Waals surface area contributed by atoms with Crippen LogP contribution >= 0.6 is 15.9 Å². The fourth-order valence-electron chi connectivity index (χ4n) is 0.600. The second-order valence-electron chi connectivity index (χ2n) is 2.41. The van der Waals surface area contributed by atoms with E-state index >= 15 is 0 Å². The van der Waals surface area contributed by atoms with Crippen LogP contribution in [0.25, 0.3) is 0 Å². The monoisotopic (exact) mass is 221 g/mol. The van der Waals surface area contributed by atoms with Crippen LogP contribution in [-0.4, -0.2) is 35.0 Å². The minimum absolute atomic E-state index is 0.0164. The van der Waals surface area contributed by atoms with Crippen LogP contribution in [0.3, 0.4) is 0 Å². The number of carbonyl (C=O) groups is 2. The number of alkyl halides is 1. The molecule has 1 amide bonds. The number of ketones is 1. The number of hydrogen-bond acceptors (Lipinski definition) is 2. The first kappa shape index (κ1) is 10.6. The van der Waals surface area contributed by atoms with E-state index in [0.29, 0.717) is 5.33 Å². The van der Waals surface area contributed by atoms with E-state index in [-0.39, 0.29) is 17.7 Å². The standard InChI is InChI=1S/C7H12BrNO2/c1-5(7(11)4-8)9(3)6(2)10/h5H,4H2,1-3H3. The average molecular weight is 222 g/mol. The zero-order valence-electron chi connectivity index (χ0n) is 6.93. The first-order valence-corrected chi connectivity index (χ1v) is 4.45. The number of Topliss-reactive ketones (excluding diaryl/α,β-unsaturated/α-hetero) is 1. The molecular weight excluding hydrogens is 210 g/mol. The number of halogens is 1. The molecule has 0 aliphatic heterocycles. The Morgan fingerprint density at radius 2 is 2.00 bits per heavy atom. The van der Waals surface area contributed by atoms with Crippen molar-refractivity contribution in [2.45, 2.75) is 19.9 Å². The van der Waals surface area contributed by atoms with Gasteiger partial charge in [0.25, 0.3) is 0 Å². The first-order chi connectivity index (χ1) is 5.00. The van der Waals surface area contributed by atoms with Crippen molar-refractivity contribution in [2.75, 3.05) is 12.4 Å². The van der Waals surface area contributed by atoms with Crippen LogP contribution in [-0.2, 0) is 9.59 Å². The molecule has 0 aliphatic rings. The van der Waals surface area contributed by atoms with E-state index in [1.54, 1.807) is 14.0 Å². The van der Waals surface area contributed by atoms with Crippen LogP contribution in [0, 0.1) is 0 Å². The molecule has 0 saturated heterocycles. The maximum absolute atomic E-state index is 11.0. The van der Waals surface area contributed by atoms with Gasteiger partial charge in [-0.1, -0.05) is 15.9 Å². The summed E-state index contributed by atoms with van der Waals surface area (Å²) in [7, 11) is 1.62. The summed E-state index contributed by atoms with van der Waals surface area (Å²) in [4.78, 5) is 23.2. The van der Waals surface area contributed by atoms with Gasteiger partial charge in [-0.3, -0.25) is 9.59 Å². The summed E-state index contributed by atoms with van der Waals surface area (Å²) < 4.78 is 0. The highest BCUT2D eigenvalue weighted by Crippen LogP contribution is 1.99. The van der Waals surface area contributed by atoms with Gasteiger partial charge in [0.05, 0.1) is 11.4 Å². The van der Waals surface area contributed by atoms with Gasteiger partial charge in [-0.2, -0.15) is 0 Å². The minimum Gasteiger partial charge on any atom is -0.336 e. The molecule has 3 nitrogen and oxygen atoms in total. The van der Waals surface area contributed by atoms with Crippen LogP contribution < -0.4 is 0 Å². The largest absolute Gasteiger partial charge is 0.336 e. The van der Waals surface area contributed by atoms with Crippen LogP contribution in [0.5, 0.6) is 0 Å². The maximum atomic E-state index is 11.0. The van der Waals surface area contributed by atoms with Gasteiger partial charge in [-0.25, -0.2) is 0 Å². The number of likely N-dealkylation sites (N-methyl/N-ethyl adjacent to an activating group) is 1. The molecule has 0 aromatic carbocycles. The summed E-state index contributed by atoms with van der Waals surface area (Å²) in [6.45, 7) is 3.16. The molecule has 0 bridgehead atoms. The fourth-order valence-corrected chi connectivity index (χ4v) is 1.07. The van der Waals surface area contributed by atoms with Crippen LogP contribution in [0.1, 0.15) is 13.8 Å². The van der Waals surface area contributed by atoms with Crippen molar-refractivity contribution >= 4 is 27.6 Å². The second-order valence-corrected chi connectivity index (χ2v) is 2.97. The molecule has 11 heavy (non-hydrogen) atoms. The molecule has 1 atom stereocenters. The molecule has 0 aromatic rings. The molecule has 0 rings (SSSR count). The Morgan fingerprint density at radius 3 is 2.27 bits per heavy atom. The van der Waals surface area contributed by atoms with Crippen LogP contribution in [0.15, 0.2) is 0 Å². The van der Waals surface area contributed by atoms with Crippen LogP contribution in [0.2, 0.25) is 0 Å². The van der Waals surface area contributed by atoms with E-state index in [1.807, 2.05) is 0 Å². The summed E-state index contributed by atoms with van der Waals surface area (Å²) in [6, 6.07) is -0.327. The third-order valence-electron chi connectivity index (χ3n) is 1.68. The number of amides is 1. The lowest BCUT2D eigenvalue weighted by atomic mass is 10.2. The maximum Gasteiger partial charge on any atom is 0.219 e. The van der Waals surface area contributed by atoms with Crippen molar-refractivity contribution in [1.29, 1.82) is 0 Å². The number of rotatable bonds is 3. The SMILES string of the molecule is CC(=O)N(C)C(C)C(=O)CBr. The van der Waals surface area contributed by atoms with E-state index < -0.39 is 0 Å². The lowest BCUT2D eigenvalue weighted by Gasteiger charge is -2.21. The molecule has 0 aromatic heterocycles. The minimum atomic E-state index is -0.327. The van der Waals surface area contributed by atoms with E-state index in [2.05, 4.69) is 15.9 Å². The lowest BCUT2D eigenvalue weighted by molar-refractivity contribution is -0.134. The highest BCUT2D eigenvalue weighted by molar-refractivity contribution is 9.09. The Balaban J connectivity index is 4.12. The van der Waals surface area contributed by atoms with Crippen molar-refractivity contribution in [3.63, 3.8) is 0 Å². The third-order valence-corrected chi connectivity index (χ3v) is 2.23. The Morgan fingerprint density at radius 1 is 1.55 bits per heavy atom. The zero-order valence-corrected chi connectivity index (χ0v) is 8.51. The summed E-state index contributed by atoms with van der Waals surface area (Å²) in [5.41, 5.74) is 0. The Hall–Kier alpha value is -0.380. The van der Waals surface area contributed by atoms with Crippen molar-refractivity contribution in [2.24, 2.45) is 0 Å². The number of nitrogens with zero attached hydrogens (tertiary/aromatic N) is 1. The van der Waals surface area contributed by atoms with Gasteiger partial charge in [0, 0.05) is 14.0 Å². The van der Waals surface area contributed by atoms with Gasteiger partial charge in [-0.15, -0.1) is 0 Å². The predicted octanol–water partition coefficient (Wildman–Crippen LogP) is 0.817. The number of carbonyl (C=O) groups excluding carboxylic acids is 2. The quantitative estimate of drug-likeness (QED) is 0.663. The van der Waals surface area contributed by atoms with E-state index in [1.165, 1.54) is 11.8 Å². The molecule has 0 heterocycles. The Bertz CT molecular complexity index is 170. The first-order valence-electron chi connectivity index (χ1n) is 3.32. The van der Waals surface area contributed by atoms with Crippen LogP contribution in [0.4, 0.5) is 0 Å². The third kappa shape index (κ3) is 3.01. The van der Waals surface area contributed by atoms with Gasteiger partial charge in [0.2, 0.25) is 5.91 Å². The van der Waals surface area contributed by atoms with Gasteiger partial charge in [-0.05, 0) is 6.92 Å². The van der Waals surface area contributed by atoms with Crippen molar-refractivity contribution in [1.82, 2.24) is 4.90 Å². The second kappa shape index (κ2) is 4.49. The molecule has 0 saturated carbocycles. The van der Waals surface area contributed by atoms with Crippen molar-refractivity contribution in [3.8, 4) is 0 Å². The summed E-state index contributed by atoms with van der Waals surface area (Å²) in [5.74, 6) is -0.0745. The molecule has 4 heteroatoms. The normalized spacial score (nSPS) is 12.4. The van der Waals surface area contributed by atoms with Gasteiger partial charge >= 0.3 is 0 Å². The smallest absolute Gasteiger partial charge is 0.219 e. The summed E-state index contributed by atoms with van der Waals surface area (Å²) in [5, 5.41) is 0.297. The summed E-state index contributed by atoms with van der Waals surface area (Å²) in [6.07, 6.45) is 0.